The number of carboxylic acids is 1. The van der Waals surface area contributed by atoms with Gasteiger partial charge >= 0.3 is 5.97 Å². The van der Waals surface area contributed by atoms with E-state index in [0.717, 1.165) is 0 Å². The first-order valence-corrected chi connectivity index (χ1v) is 5.73. The molecule has 0 heterocycles. The van der Waals surface area contributed by atoms with Crippen LogP contribution in [0.25, 0.3) is 0 Å². The molecule has 0 spiro atoms. The Hall–Kier alpha value is -1.42. The lowest BCUT2D eigenvalue weighted by atomic mass is 10.1. The van der Waals surface area contributed by atoms with Crippen molar-refractivity contribution in [2.45, 2.75) is 38.8 Å². The minimum atomic E-state index is -0.808. The number of benzene rings is 1. The molecule has 1 aromatic rings. The minimum Gasteiger partial charge on any atom is -0.481 e. The summed E-state index contributed by atoms with van der Waals surface area (Å²) in [6.45, 7) is 3.77. The summed E-state index contributed by atoms with van der Waals surface area (Å²) in [6, 6.07) is 6.52. The predicted octanol–water partition coefficient (Wildman–Crippen LogP) is 2.73. The molecule has 1 aromatic carbocycles. The summed E-state index contributed by atoms with van der Waals surface area (Å²) in [6.07, 6.45) is 0.659. The highest BCUT2D eigenvalue weighted by Crippen LogP contribution is 2.17. The molecule has 17 heavy (non-hydrogen) atoms. The van der Waals surface area contributed by atoms with Crippen LogP contribution in [0.3, 0.4) is 0 Å². The second-order valence-electron chi connectivity index (χ2n) is 4.24. The summed E-state index contributed by atoms with van der Waals surface area (Å²) in [4.78, 5) is 10.4. The first-order chi connectivity index (χ1) is 8.00. The van der Waals surface area contributed by atoms with Gasteiger partial charge in [0.05, 0.1) is 0 Å². The van der Waals surface area contributed by atoms with Gasteiger partial charge < -0.3 is 10.4 Å². The number of carbonyl (C=O) groups is 1. The molecule has 2 unspecified atom stereocenters. The average Bonchev–Trinajstić information content (AvgIpc) is 2.26. The van der Waals surface area contributed by atoms with Crippen LogP contribution >= 0.6 is 0 Å². The first kappa shape index (κ1) is 13.6. The molecule has 0 fully saturated rings. The Kier molecular flexibility index (Phi) is 5.10. The third-order valence-corrected chi connectivity index (χ3v) is 2.70. The van der Waals surface area contributed by atoms with Crippen molar-refractivity contribution in [3.8, 4) is 0 Å². The van der Waals surface area contributed by atoms with Crippen LogP contribution in [0, 0.1) is 5.82 Å². The molecule has 3 nitrogen and oxygen atoms in total. The highest BCUT2D eigenvalue weighted by molar-refractivity contribution is 5.66. The van der Waals surface area contributed by atoms with Crippen molar-refractivity contribution in [3.63, 3.8) is 0 Å². The Bertz CT molecular complexity index is 381. The van der Waals surface area contributed by atoms with E-state index in [1.54, 1.807) is 18.2 Å². The molecule has 0 radical (unpaired) electrons. The molecule has 0 saturated heterocycles. The quantitative estimate of drug-likeness (QED) is 0.802. The maximum atomic E-state index is 13.5. The third-order valence-electron chi connectivity index (χ3n) is 2.70. The summed E-state index contributed by atoms with van der Waals surface area (Å²) in [5, 5.41) is 11.8. The maximum Gasteiger partial charge on any atom is 0.303 e. The monoisotopic (exact) mass is 239 g/mol. The van der Waals surface area contributed by atoms with Gasteiger partial charge in [0.2, 0.25) is 0 Å². The largest absolute Gasteiger partial charge is 0.481 e. The molecule has 2 atom stereocenters. The van der Waals surface area contributed by atoms with Crippen molar-refractivity contribution >= 4 is 5.97 Å². The van der Waals surface area contributed by atoms with E-state index >= 15 is 0 Å². The molecule has 0 aromatic heterocycles. The van der Waals surface area contributed by atoms with Gasteiger partial charge in [0, 0.05) is 24.1 Å². The highest BCUT2D eigenvalue weighted by Gasteiger charge is 2.13. The lowest BCUT2D eigenvalue weighted by molar-refractivity contribution is -0.137. The normalized spacial score (nSPS) is 14.3. The van der Waals surface area contributed by atoms with Gasteiger partial charge in [-0.1, -0.05) is 18.2 Å². The van der Waals surface area contributed by atoms with Gasteiger partial charge in [-0.25, -0.2) is 4.39 Å². The Morgan fingerprint density at radius 1 is 1.41 bits per heavy atom. The summed E-state index contributed by atoms with van der Waals surface area (Å²) >= 11 is 0. The number of nitrogens with one attached hydrogen (secondary N) is 1. The topological polar surface area (TPSA) is 49.3 Å². The lowest BCUT2D eigenvalue weighted by Gasteiger charge is -2.20. The summed E-state index contributed by atoms with van der Waals surface area (Å²) in [5.41, 5.74) is 0.606. The average molecular weight is 239 g/mol. The smallest absolute Gasteiger partial charge is 0.303 e. The Balaban J connectivity index is 2.51. The second-order valence-corrected chi connectivity index (χ2v) is 4.24. The van der Waals surface area contributed by atoms with Crippen LogP contribution in [0.1, 0.15) is 38.3 Å². The van der Waals surface area contributed by atoms with Gasteiger partial charge in [0.1, 0.15) is 5.82 Å². The van der Waals surface area contributed by atoms with Crippen LogP contribution < -0.4 is 5.32 Å². The fourth-order valence-corrected chi connectivity index (χ4v) is 1.77. The number of hydrogen-bond donors (Lipinski definition) is 2. The van der Waals surface area contributed by atoms with Crippen molar-refractivity contribution in [1.29, 1.82) is 0 Å². The fraction of sp³-hybridized carbons (Fsp3) is 0.462. The van der Waals surface area contributed by atoms with Gasteiger partial charge in [-0.05, 0) is 26.3 Å². The van der Waals surface area contributed by atoms with E-state index < -0.39 is 5.97 Å². The molecule has 0 amide bonds. The molecule has 0 aliphatic heterocycles. The van der Waals surface area contributed by atoms with E-state index in [4.69, 9.17) is 5.11 Å². The van der Waals surface area contributed by atoms with Crippen molar-refractivity contribution in [3.05, 3.63) is 35.6 Å². The number of carboxylic acid groups (broad SMARTS) is 1. The number of aliphatic carboxylic acids is 1. The summed E-state index contributed by atoms with van der Waals surface area (Å²) in [7, 11) is 0. The molecule has 0 saturated carbocycles. The zero-order valence-corrected chi connectivity index (χ0v) is 10.1. The van der Waals surface area contributed by atoms with Crippen molar-refractivity contribution < 1.29 is 14.3 Å². The van der Waals surface area contributed by atoms with E-state index in [-0.39, 0.29) is 24.3 Å². The van der Waals surface area contributed by atoms with E-state index in [1.807, 2.05) is 13.8 Å². The van der Waals surface area contributed by atoms with E-state index in [0.29, 0.717) is 12.0 Å². The van der Waals surface area contributed by atoms with Crippen LogP contribution in [0.2, 0.25) is 0 Å². The van der Waals surface area contributed by atoms with E-state index in [2.05, 4.69) is 5.32 Å². The number of hydrogen-bond acceptors (Lipinski definition) is 2. The van der Waals surface area contributed by atoms with Crippen LogP contribution in [-0.2, 0) is 4.79 Å². The Labute approximate surface area is 101 Å². The van der Waals surface area contributed by atoms with Crippen LogP contribution in [0.15, 0.2) is 24.3 Å². The molecule has 1 rings (SSSR count). The van der Waals surface area contributed by atoms with Crippen LogP contribution in [-0.4, -0.2) is 17.1 Å². The highest BCUT2D eigenvalue weighted by atomic mass is 19.1. The molecule has 2 N–H and O–H groups in total. The molecular formula is C13H18FNO2. The Morgan fingerprint density at radius 3 is 2.65 bits per heavy atom. The number of rotatable bonds is 6. The van der Waals surface area contributed by atoms with Crippen LogP contribution in [0.5, 0.6) is 0 Å². The van der Waals surface area contributed by atoms with Gasteiger partial charge in [-0.15, -0.1) is 0 Å². The van der Waals surface area contributed by atoms with E-state index in [9.17, 15) is 9.18 Å². The molecule has 0 aliphatic rings. The predicted molar refractivity (Wildman–Crippen MR) is 64.3 cm³/mol. The van der Waals surface area contributed by atoms with Gasteiger partial charge in [-0.2, -0.15) is 0 Å². The van der Waals surface area contributed by atoms with Gasteiger partial charge in [-0.3, -0.25) is 4.79 Å². The van der Waals surface area contributed by atoms with Crippen molar-refractivity contribution in [1.82, 2.24) is 5.32 Å². The molecule has 4 heteroatoms. The molecule has 0 aliphatic carbocycles. The standard InChI is InChI=1S/C13H18FNO2/c1-9(7-8-13(16)17)15-10(2)11-5-3-4-6-12(11)14/h3-6,9-10,15H,7-8H2,1-2H3,(H,16,17). The van der Waals surface area contributed by atoms with Gasteiger partial charge in [0.25, 0.3) is 0 Å². The zero-order valence-electron chi connectivity index (χ0n) is 10.1. The minimum absolute atomic E-state index is 0.0423. The summed E-state index contributed by atoms with van der Waals surface area (Å²) in [5.74, 6) is -1.05. The maximum absolute atomic E-state index is 13.5. The Morgan fingerprint density at radius 2 is 2.06 bits per heavy atom. The molecule has 94 valence electrons. The SMILES string of the molecule is CC(CCC(=O)O)NC(C)c1ccccc1F. The molecular weight excluding hydrogens is 221 g/mol. The second kappa shape index (κ2) is 6.35. The van der Waals surface area contributed by atoms with Crippen LogP contribution in [0.4, 0.5) is 4.39 Å². The summed E-state index contributed by atoms with van der Waals surface area (Å²) < 4.78 is 13.5. The van der Waals surface area contributed by atoms with Gasteiger partial charge in [0.15, 0.2) is 0 Å². The third kappa shape index (κ3) is 4.53. The number of halogens is 1. The molecule has 0 bridgehead atoms. The zero-order chi connectivity index (χ0) is 12.8. The van der Waals surface area contributed by atoms with Crippen molar-refractivity contribution in [2.75, 3.05) is 0 Å². The first-order valence-electron chi connectivity index (χ1n) is 5.73. The lowest BCUT2D eigenvalue weighted by Crippen LogP contribution is -2.29. The van der Waals surface area contributed by atoms with E-state index in [1.165, 1.54) is 6.07 Å². The van der Waals surface area contributed by atoms with Crippen molar-refractivity contribution in [2.24, 2.45) is 0 Å². The fourth-order valence-electron chi connectivity index (χ4n) is 1.77.